The predicted octanol–water partition coefficient (Wildman–Crippen LogP) is 1.87. The normalized spacial score (nSPS) is 23.8. The van der Waals surface area contributed by atoms with E-state index in [9.17, 15) is 4.79 Å². The molecule has 0 N–H and O–H groups in total. The molecule has 2 aliphatic heterocycles. The molecule has 27 heavy (non-hydrogen) atoms. The van der Waals surface area contributed by atoms with Crippen LogP contribution in [-0.4, -0.2) is 93.3 Å². The van der Waals surface area contributed by atoms with Crippen molar-refractivity contribution in [2.75, 3.05) is 60.5 Å². The highest BCUT2D eigenvalue weighted by molar-refractivity contribution is 5.95. The molecule has 0 aromatic heterocycles. The Morgan fingerprint density at radius 1 is 1.26 bits per heavy atom. The zero-order valence-electron chi connectivity index (χ0n) is 17.1. The molecule has 150 valence electrons. The van der Waals surface area contributed by atoms with Crippen LogP contribution in [-0.2, 0) is 4.74 Å². The van der Waals surface area contributed by atoms with Crippen LogP contribution in [0.4, 0.5) is 0 Å². The van der Waals surface area contributed by atoms with Gasteiger partial charge in [0, 0.05) is 44.3 Å². The Morgan fingerprint density at radius 3 is 2.74 bits per heavy atom. The summed E-state index contributed by atoms with van der Waals surface area (Å²) in [5, 5.41) is 0. The van der Waals surface area contributed by atoms with Crippen molar-refractivity contribution >= 4 is 5.91 Å². The molecular weight excluding hydrogens is 342 g/mol. The van der Waals surface area contributed by atoms with Gasteiger partial charge in [-0.3, -0.25) is 9.69 Å². The van der Waals surface area contributed by atoms with E-state index in [1.165, 1.54) is 0 Å². The summed E-state index contributed by atoms with van der Waals surface area (Å²) in [6.45, 7) is 7.40. The smallest absolute Gasteiger partial charge is 0.254 e. The maximum atomic E-state index is 13.1. The van der Waals surface area contributed by atoms with Crippen molar-refractivity contribution in [3.05, 3.63) is 29.3 Å². The molecule has 2 saturated heterocycles. The van der Waals surface area contributed by atoms with Gasteiger partial charge in [0.2, 0.25) is 0 Å². The number of ether oxygens (including phenoxy) is 2. The van der Waals surface area contributed by atoms with E-state index in [-0.39, 0.29) is 12.0 Å². The monoisotopic (exact) mass is 375 g/mol. The number of morpholine rings is 1. The number of hydrogen-bond donors (Lipinski definition) is 0. The molecule has 0 spiro atoms. The number of amides is 1. The number of carbonyl (C=O) groups is 1. The molecule has 6 nitrogen and oxygen atoms in total. The second-order valence-corrected chi connectivity index (χ2v) is 7.87. The van der Waals surface area contributed by atoms with Gasteiger partial charge in [-0.25, -0.2) is 0 Å². The average molecular weight is 376 g/mol. The van der Waals surface area contributed by atoms with E-state index < -0.39 is 0 Å². The van der Waals surface area contributed by atoms with E-state index in [1.807, 2.05) is 30.0 Å². The molecule has 1 aromatic carbocycles. The van der Waals surface area contributed by atoms with Crippen molar-refractivity contribution in [1.29, 1.82) is 0 Å². The molecule has 0 radical (unpaired) electrons. The Balaban J connectivity index is 1.67. The van der Waals surface area contributed by atoms with Crippen molar-refractivity contribution in [1.82, 2.24) is 14.7 Å². The molecule has 1 aromatic rings. The van der Waals surface area contributed by atoms with Gasteiger partial charge in [0.05, 0.1) is 19.8 Å². The van der Waals surface area contributed by atoms with Crippen molar-refractivity contribution in [2.24, 2.45) is 0 Å². The second kappa shape index (κ2) is 9.04. The first-order valence-corrected chi connectivity index (χ1v) is 9.94. The zero-order chi connectivity index (χ0) is 19.4. The summed E-state index contributed by atoms with van der Waals surface area (Å²) in [5.41, 5.74) is 1.73. The van der Waals surface area contributed by atoms with Crippen LogP contribution in [0.2, 0.25) is 0 Å². The summed E-state index contributed by atoms with van der Waals surface area (Å²) < 4.78 is 11.3. The number of methoxy groups -OCH3 is 1. The Bertz CT molecular complexity index is 650. The highest BCUT2D eigenvalue weighted by atomic mass is 16.5. The van der Waals surface area contributed by atoms with Crippen LogP contribution in [0.15, 0.2) is 18.2 Å². The fourth-order valence-electron chi connectivity index (χ4n) is 4.14. The highest BCUT2D eigenvalue weighted by Crippen LogP contribution is 2.25. The van der Waals surface area contributed by atoms with Crippen LogP contribution in [0.1, 0.15) is 28.8 Å². The Hall–Kier alpha value is -1.63. The Morgan fingerprint density at radius 2 is 2.04 bits per heavy atom. The van der Waals surface area contributed by atoms with E-state index in [4.69, 9.17) is 9.47 Å². The topological polar surface area (TPSA) is 45.2 Å². The van der Waals surface area contributed by atoms with Gasteiger partial charge in [0.1, 0.15) is 5.75 Å². The summed E-state index contributed by atoms with van der Waals surface area (Å²) >= 11 is 0. The van der Waals surface area contributed by atoms with Gasteiger partial charge in [-0.1, -0.05) is 0 Å². The fraction of sp³-hybridized carbons (Fsp3) is 0.667. The van der Waals surface area contributed by atoms with Gasteiger partial charge in [-0.05, 0) is 57.6 Å². The average Bonchev–Trinajstić information content (AvgIpc) is 2.88. The summed E-state index contributed by atoms with van der Waals surface area (Å²) in [6, 6.07) is 6.09. The van der Waals surface area contributed by atoms with Gasteiger partial charge >= 0.3 is 0 Å². The number of likely N-dealkylation sites (N-methyl/N-ethyl adjacent to an activating group) is 1. The maximum Gasteiger partial charge on any atom is 0.254 e. The minimum atomic E-state index is 0.119. The minimum absolute atomic E-state index is 0.119. The predicted molar refractivity (Wildman–Crippen MR) is 107 cm³/mol. The number of aryl methyl sites for hydroxylation is 1. The molecule has 1 amide bonds. The lowest BCUT2D eigenvalue weighted by atomic mass is 10.0. The number of rotatable bonds is 5. The van der Waals surface area contributed by atoms with Crippen LogP contribution >= 0.6 is 0 Å². The largest absolute Gasteiger partial charge is 0.497 e. The number of nitrogens with zero attached hydrogens (tertiary/aromatic N) is 3. The summed E-state index contributed by atoms with van der Waals surface area (Å²) in [5.74, 6) is 0.907. The molecule has 2 aliphatic rings. The van der Waals surface area contributed by atoms with Crippen LogP contribution in [0.25, 0.3) is 0 Å². The van der Waals surface area contributed by atoms with Gasteiger partial charge in [-0.15, -0.1) is 0 Å². The summed E-state index contributed by atoms with van der Waals surface area (Å²) in [4.78, 5) is 19.9. The number of carbonyl (C=O) groups excluding carboxylic acids is 1. The highest BCUT2D eigenvalue weighted by Gasteiger charge is 2.35. The van der Waals surface area contributed by atoms with Gasteiger partial charge < -0.3 is 19.3 Å². The zero-order valence-corrected chi connectivity index (χ0v) is 17.1. The molecular formula is C21H33N3O3. The van der Waals surface area contributed by atoms with E-state index in [0.29, 0.717) is 6.04 Å². The fourth-order valence-corrected chi connectivity index (χ4v) is 4.14. The number of likely N-dealkylation sites (tertiary alicyclic amines) is 1. The third-order valence-electron chi connectivity index (χ3n) is 5.77. The van der Waals surface area contributed by atoms with E-state index >= 15 is 0 Å². The van der Waals surface area contributed by atoms with Crippen LogP contribution in [0.3, 0.4) is 0 Å². The van der Waals surface area contributed by atoms with E-state index in [2.05, 4.69) is 23.9 Å². The van der Waals surface area contributed by atoms with Crippen molar-refractivity contribution in [3.8, 4) is 5.75 Å². The summed E-state index contributed by atoms with van der Waals surface area (Å²) in [6.07, 6.45) is 2.11. The van der Waals surface area contributed by atoms with Gasteiger partial charge in [0.15, 0.2) is 0 Å². The first-order valence-electron chi connectivity index (χ1n) is 9.94. The first-order chi connectivity index (χ1) is 13.0. The molecule has 0 bridgehead atoms. The minimum Gasteiger partial charge on any atom is -0.497 e. The van der Waals surface area contributed by atoms with Crippen molar-refractivity contribution in [2.45, 2.75) is 31.9 Å². The number of hydrogen-bond acceptors (Lipinski definition) is 5. The third kappa shape index (κ3) is 4.81. The lowest BCUT2D eigenvalue weighted by Gasteiger charge is -2.40. The molecule has 2 fully saturated rings. The van der Waals surface area contributed by atoms with Crippen LogP contribution in [0, 0.1) is 6.92 Å². The molecule has 2 atom stereocenters. The molecule has 3 rings (SSSR count). The molecule has 2 unspecified atom stereocenters. The maximum absolute atomic E-state index is 13.1. The molecule has 0 saturated carbocycles. The second-order valence-electron chi connectivity index (χ2n) is 7.87. The third-order valence-corrected chi connectivity index (χ3v) is 5.77. The van der Waals surface area contributed by atoms with Gasteiger partial charge in [0.25, 0.3) is 5.91 Å². The number of fused-ring (bicyclic) bond motifs is 1. The Labute approximate surface area is 163 Å². The van der Waals surface area contributed by atoms with Crippen LogP contribution < -0.4 is 4.74 Å². The lowest BCUT2D eigenvalue weighted by molar-refractivity contribution is -0.0724. The van der Waals surface area contributed by atoms with Gasteiger partial charge in [-0.2, -0.15) is 0 Å². The van der Waals surface area contributed by atoms with Crippen LogP contribution in [0.5, 0.6) is 5.75 Å². The number of benzene rings is 1. The van der Waals surface area contributed by atoms with E-state index in [0.717, 1.165) is 69.0 Å². The molecule has 6 heteroatoms. The Kier molecular flexibility index (Phi) is 6.73. The first kappa shape index (κ1) is 20.1. The standard InChI is InChI=1S/C21H33N3O3/c1-16-15-17(26-4)5-6-18(16)21(25)24-9-7-19-20(8-10-24)27-14-13-23(19)12-11-22(2)3/h5-6,15,19-20H,7-14H2,1-4H3. The molecule has 2 heterocycles. The van der Waals surface area contributed by atoms with E-state index in [1.54, 1.807) is 7.11 Å². The van der Waals surface area contributed by atoms with Crippen molar-refractivity contribution < 1.29 is 14.3 Å². The lowest BCUT2D eigenvalue weighted by Crippen LogP contribution is -2.52. The SMILES string of the molecule is COc1ccc(C(=O)N2CCC3OCCN(CCN(C)C)C3CC2)c(C)c1. The summed E-state index contributed by atoms with van der Waals surface area (Å²) in [7, 11) is 5.88. The molecule has 0 aliphatic carbocycles. The quantitative estimate of drug-likeness (QED) is 0.786. The van der Waals surface area contributed by atoms with Crippen molar-refractivity contribution in [3.63, 3.8) is 0 Å².